The molecule has 4 heteroatoms. The van der Waals surface area contributed by atoms with Crippen molar-refractivity contribution in [2.75, 3.05) is 13.1 Å². The number of hydrogen-bond donors (Lipinski definition) is 2. The lowest BCUT2D eigenvalue weighted by Gasteiger charge is -2.32. The Morgan fingerprint density at radius 2 is 1.76 bits per heavy atom. The molecule has 0 fully saturated rings. The zero-order chi connectivity index (χ0) is 19.0. The van der Waals surface area contributed by atoms with Crippen molar-refractivity contribution >= 4 is 6.03 Å². The molecule has 0 heterocycles. The molecule has 2 N–H and O–H groups in total. The molecule has 0 saturated carbocycles. The van der Waals surface area contributed by atoms with Crippen LogP contribution >= 0.6 is 0 Å². The van der Waals surface area contributed by atoms with E-state index in [1.807, 2.05) is 45.9 Å². The molecule has 0 radical (unpaired) electrons. The van der Waals surface area contributed by atoms with Gasteiger partial charge in [-0.2, -0.15) is 0 Å². The minimum atomic E-state index is -0.543. The number of aliphatic hydroxyl groups excluding tert-OH is 1. The second kappa shape index (κ2) is 9.81. The van der Waals surface area contributed by atoms with E-state index in [1.54, 1.807) is 4.90 Å². The molecule has 0 saturated heterocycles. The Morgan fingerprint density at radius 3 is 2.28 bits per heavy atom. The molecule has 0 aromatic heterocycles. The minimum absolute atomic E-state index is 0.0892. The SMILES string of the molecule is CC(C)CCN(C[C@@H](O)[C@@H](C)Cc1ccccc1)C(=O)NC(C)(C)C. The highest BCUT2D eigenvalue weighted by Crippen LogP contribution is 2.15. The van der Waals surface area contributed by atoms with E-state index < -0.39 is 6.10 Å². The predicted octanol–water partition coefficient (Wildman–Crippen LogP) is 4.08. The minimum Gasteiger partial charge on any atom is -0.391 e. The van der Waals surface area contributed by atoms with Gasteiger partial charge in [0.05, 0.1) is 6.10 Å². The van der Waals surface area contributed by atoms with Crippen LogP contribution in [-0.2, 0) is 6.42 Å². The lowest BCUT2D eigenvalue weighted by atomic mass is 9.95. The summed E-state index contributed by atoms with van der Waals surface area (Å²) >= 11 is 0. The van der Waals surface area contributed by atoms with Crippen molar-refractivity contribution in [3.05, 3.63) is 35.9 Å². The van der Waals surface area contributed by atoms with Crippen molar-refractivity contribution in [1.82, 2.24) is 10.2 Å². The van der Waals surface area contributed by atoms with Crippen molar-refractivity contribution in [2.24, 2.45) is 11.8 Å². The number of hydrogen-bond acceptors (Lipinski definition) is 2. The molecule has 0 aliphatic heterocycles. The van der Waals surface area contributed by atoms with Gasteiger partial charge in [0.2, 0.25) is 0 Å². The van der Waals surface area contributed by atoms with E-state index in [2.05, 4.69) is 31.3 Å². The fourth-order valence-corrected chi connectivity index (χ4v) is 2.62. The van der Waals surface area contributed by atoms with E-state index in [1.165, 1.54) is 5.56 Å². The highest BCUT2D eigenvalue weighted by molar-refractivity contribution is 5.75. The monoisotopic (exact) mass is 348 g/mol. The topological polar surface area (TPSA) is 52.6 Å². The molecule has 0 spiro atoms. The van der Waals surface area contributed by atoms with Gasteiger partial charge in [-0.1, -0.05) is 51.1 Å². The molecular formula is C21H36N2O2. The Balaban J connectivity index is 2.68. The average Bonchev–Trinajstić information content (AvgIpc) is 2.50. The van der Waals surface area contributed by atoms with Crippen molar-refractivity contribution in [3.8, 4) is 0 Å². The van der Waals surface area contributed by atoms with E-state index in [0.29, 0.717) is 19.0 Å². The number of urea groups is 1. The zero-order valence-corrected chi connectivity index (χ0v) is 16.7. The first-order chi connectivity index (χ1) is 11.6. The fourth-order valence-electron chi connectivity index (χ4n) is 2.62. The maximum atomic E-state index is 12.6. The molecule has 2 amide bonds. The standard InChI is InChI=1S/C21H36N2O2/c1-16(2)12-13-23(20(25)22-21(4,5)6)15-19(24)17(3)14-18-10-8-7-9-11-18/h7-11,16-17,19,24H,12-15H2,1-6H3,(H,22,25)/t17-,19+/m0/s1. The van der Waals surface area contributed by atoms with E-state index >= 15 is 0 Å². The quantitative estimate of drug-likeness (QED) is 0.744. The van der Waals surface area contributed by atoms with Gasteiger partial charge in [0.15, 0.2) is 0 Å². The smallest absolute Gasteiger partial charge is 0.317 e. The number of rotatable bonds is 8. The van der Waals surface area contributed by atoms with Crippen molar-refractivity contribution in [3.63, 3.8) is 0 Å². The molecule has 1 aromatic carbocycles. The van der Waals surface area contributed by atoms with Crippen LogP contribution in [0, 0.1) is 11.8 Å². The first-order valence-corrected chi connectivity index (χ1v) is 9.37. The van der Waals surface area contributed by atoms with Gasteiger partial charge in [0.25, 0.3) is 0 Å². The molecule has 25 heavy (non-hydrogen) atoms. The molecule has 4 nitrogen and oxygen atoms in total. The molecule has 0 bridgehead atoms. The first-order valence-electron chi connectivity index (χ1n) is 9.37. The normalized spacial score (nSPS) is 14.2. The van der Waals surface area contributed by atoms with Gasteiger partial charge in [0.1, 0.15) is 0 Å². The fraction of sp³-hybridized carbons (Fsp3) is 0.667. The predicted molar refractivity (Wildman–Crippen MR) is 105 cm³/mol. The van der Waals surface area contributed by atoms with Crippen LogP contribution in [0.3, 0.4) is 0 Å². The summed E-state index contributed by atoms with van der Waals surface area (Å²) in [6.07, 6.45) is 1.19. The third-order valence-electron chi connectivity index (χ3n) is 4.21. The van der Waals surface area contributed by atoms with Gasteiger partial charge in [-0.25, -0.2) is 4.79 Å². The van der Waals surface area contributed by atoms with Crippen LogP contribution in [0.2, 0.25) is 0 Å². The second-order valence-electron chi connectivity index (χ2n) is 8.54. The van der Waals surface area contributed by atoms with Crippen LogP contribution in [0.1, 0.15) is 53.5 Å². The molecular weight excluding hydrogens is 312 g/mol. The van der Waals surface area contributed by atoms with Crippen LogP contribution < -0.4 is 5.32 Å². The maximum absolute atomic E-state index is 12.6. The maximum Gasteiger partial charge on any atom is 0.317 e. The number of aliphatic hydroxyl groups is 1. The van der Waals surface area contributed by atoms with Gasteiger partial charge < -0.3 is 15.3 Å². The number of nitrogens with one attached hydrogen (secondary N) is 1. The van der Waals surface area contributed by atoms with Gasteiger partial charge in [-0.05, 0) is 51.0 Å². The van der Waals surface area contributed by atoms with Gasteiger partial charge in [-0.15, -0.1) is 0 Å². The highest BCUT2D eigenvalue weighted by Gasteiger charge is 2.24. The summed E-state index contributed by atoms with van der Waals surface area (Å²) < 4.78 is 0. The first kappa shape index (κ1) is 21.5. The Morgan fingerprint density at radius 1 is 1.16 bits per heavy atom. The van der Waals surface area contributed by atoms with Crippen LogP contribution in [0.25, 0.3) is 0 Å². The van der Waals surface area contributed by atoms with Crippen molar-refractivity contribution in [1.29, 1.82) is 0 Å². The molecule has 0 unspecified atom stereocenters. The van der Waals surface area contributed by atoms with Crippen molar-refractivity contribution in [2.45, 2.75) is 66.0 Å². The number of carbonyl (C=O) groups is 1. The van der Waals surface area contributed by atoms with E-state index in [4.69, 9.17) is 0 Å². The van der Waals surface area contributed by atoms with Crippen LogP contribution in [0.5, 0.6) is 0 Å². The molecule has 2 atom stereocenters. The zero-order valence-electron chi connectivity index (χ0n) is 16.7. The molecule has 1 aromatic rings. The Bertz CT molecular complexity index is 508. The van der Waals surface area contributed by atoms with Crippen LogP contribution in [0.4, 0.5) is 4.79 Å². The lowest BCUT2D eigenvalue weighted by Crippen LogP contribution is -2.51. The summed E-state index contributed by atoms with van der Waals surface area (Å²) in [5.41, 5.74) is 0.926. The molecule has 1 rings (SSSR count). The number of nitrogens with zero attached hydrogens (tertiary/aromatic N) is 1. The van der Waals surface area contributed by atoms with E-state index in [-0.39, 0.29) is 17.5 Å². The molecule has 0 aliphatic rings. The summed E-state index contributed by atoms with van der Waals surface area (Å²) in [5, 5.41) is 13.7. The number of carbonyl (C=O) groups excluding carboxylic acids is 1. The summed E-state index contributed by atoms with van der Waals surface area (Å²) in [6, 6.07) is 10.1. The van der Waals surface area contributed by atoms with Crippen molar-refractivity contribution < 1.29 is 9.90 Å². The number of benzene rings is 1. The number of amides is 2. The third kappa shape index (κ3) is 8.92. The van der Waals surface area contributed by atoms with Crippen LogP contribution in [-0.4, -0.2) is 40.8 Å². The molecule has 0 aliphatic carbocycles. The van der Waals surface area contributed by atoms with Crippen LogP contribution in [0.15, 0.2) is 30.3 Å². The van der Waals surface area contributed by atoms with E-state index in [9.17, 15) is 9.90 Å². The summed E-state index contributed by atoms with van der Waals surface area (Å²) in [7, 11) is 0. The van der Waals surface area contributed by atoms with Gasteiger partial charge in [0, 0.05) is 18.6 Å². The average molecular weight is 349 g/mol. The second-order valence-corrected chi connectivity index (χ2v) is 8.54. The van der Waals surface area contributed by atoms with Gasteiger partial charge >= 0.3 is 6.03 Å². The Labute approximate surface area is 153 Å². The Hall–Kier alpha value is -1.55. The third-order valence-corrected chi connectivity index (χ3v) is 4.21. The largest absolute Gasteiger partial charge is 0.391 e. The summed E-state index contributed by atoms with van der Waals surface area (Å²) in [5.74, 6) is 0.607. The van der Waals surface area contributed by atoms with Gasteiger partial charge in [-0.3, -0.25) is 0 Å². The molecule has 142 valence electrons. The van der Waals surface area contributed by atoms with E-state index in [0.717, 1.165) is 12.8 Å². The Kier molecular flexibility index (Phi) is 8.43. The summed E-state index contributed by atoms with van der Waals surface area (Å²) in [4.78, 5) is 14.4. The summed E-state index contributed by atoms with van der Waals surface area (Å²) in [6.45, 7) is 13.3. The lowest BCUT2D eigenvalue weighted by molar-refractivity contribution is 0.0767. The highest BCUT2D eigenvalue weighted by atomic mass is 16.3.